The van der Waals surface area contributed by atoms with E-state index in [1.807, 2.05) is 4.68 Å². The summed E-state index contributed by atoms with van der Waals surface area (Å²) in [6.07, 6.45) is 1.96. The maximum absolute atomic E-state index is 5.21. The molecule has 4 nitrogen and oxygen atoms in total. The molecule has 0 unspecified atom stereocenters. The molecule has 5 heteroatoms. The van der Waals surface area contributed by atoms with Gasteiger partial charge in [-0.05, 0) is 31.1 Å². The first kappa shape index (κ1) is 12.8. The van der Waals surface area contributed by atoms with Gasteiger partial charge in [0.05, 0.1) is 6.54 Å². The van der Waals surface area contributed by atoms with Crippen molar-refractivity contribution in [1.82, 2.24) is 14.9 Å². The van der Waals surface area contributed by atoms with E-state index < -0.39 is 0 Å². The molecular weight excluding hydrogens is 244 g/mol. The molecule has 2 aromatic rings. The maximum atomic E-state index is 5.21. The summed E-state index contributed by atoms with van der Waals surface area (Å²) in [5.41, 5.74) is 5.80. The third kappa shape index (κ3) is 2.98. The molecule has 96 valence electrons. The van der Waals surface area contributed by atoms with Crippen molar-refractivity contribution in [3.63, 3.8) is 0 Å². The Hall–Kier alpha value is -1.62. The lowest BCUT2D eigenvalue weighted by Crippen LogP contribution is -2.17. The van der Waals surface area contributed by atoms with Gasteiger partial charge in [0.15, 0.2) is 5.82 Å². The van der Waals surface area contributed by atoms with Crippen molar-refractivity contribution in [2.75, 3.05) is 5.43 Å². The number of hydrogen-bond donors (Lipinski definition) is 2. The lowest BCUT2D eigenvalue weighted by Gasteiger charge is -2.09. The molecular formula is C13H18N4S. The van der Waals surface area contributed by atoms with E-state index in [-0.39, 0.29) is 0 Å². The Labute approximate surface area is 112 Å². The molecule has 0 bridgehead atoms. The zero-order chi connectivity index (χ0) is 13.0. The lowest BCUT2D eigenvalue weighted by atomic mass is 10.1. The average molecular weight is 262 g/mol. The maximum Gasteiger partial charge on any atom is 0.214 e. The normalized spacial score (nSPS) is 10.6. The van der Waals surface area contributed by atoms with Crippen LogP contribution < -0.4 is 5.43 Å². The number of nitrogens with one attached hydrogen (secondary N) is 2. The first-order chi connectivity index (χ1) is 8.70. The van der Waals surface area contributed by atoms with Gasteiger partial charge in [-0.3, -0.25) is 5.10 Å². The zero-order valence-electron chi connectivity index (χ0n) is 10.7. The van der Waals surface area contributed by atoms with Gasteiger partial charge < -0.3 is 5.43 Å². The summed E-state index contributed by atoms with van der Waals surface area (Å²) in [5, 5.41) is 7.04. The van der Waals surface area contributed by atoms with Crippen LogP contribution in [0.15, 0.2) is 24.3 Å². The number of nitrogens with zero attached hydrogens (tertiary/aromatic N) is 2. The van der Waals surface area contributed by atoms with E-state index in [9.17, 15) is 0 Å². The molecule has 1 aromatic carbocycles. The number of rotatable bonds is 5. The first-order valence-electron chi connectivity index (χ1n) is 6.16. The largest absolute Gasteiger partial charge is 0.318 e. The van der Waals surface area contributed by atoms with E-state index in [2.05, 4.69) is 53.7 Å². The van der Waals surface area contributed by atoms with Gasteiger partial charge in [0.25, 0.3) is 0 Å². The molecule has 0 aliphatic heterocycles. The topological polar surface area (TPSA) is 45.6 Å². The molecule has 0 radical (unpaired) electrons. The molecule has 0 saturated heterocycles. The Morgan fingerprint density at radius 2 is 2.06 bits per heavy atom. The van der Waals surface area contributed by atoms with Crippen LogP contribution in [0.5, 0.6) is 0 Å². The van der Waals surface area contributed by atoms with Crippen molar-refractivity contribution in [3.8, 4) is 0 Å². The van der Waals surface area contributed by atoms with E-state index in [1.165, 1.54) is 11.1 Å². The highest BCUT2D eigenvalue weighted by molar-refractivity contribution is 7.71. The van der Waals surface area contributed by atoms with E-state index >= 15 is 0 Å². The Bertz CT molecular complexity index is 553. The Morgan fingerprint density at radius 3 is 2.72 bits per heavy atom. The minimum Gasteiger partial charge on any atom is -0.318 e. The van der Waals surface area contributed by atoms with Crippen molar-refractivity contribution >= 4 is 12.2 Å². The second kappa shape index (κ2) is 5.82. The van der Waals surface area contributed by atoms with Crippen molar-refractivity contribution in [1.29, 1.82) is 0 Å². The lowest BCUT2D eigenvalue weighted by molar-refractivity contribution is 0.731. The second-order valence-corrected chi connectivity index (χ2v) is 4.74. The molecule has 0 saturated carbocycles. The number of aryl methyl sites for hydroxylation is 2. The molecule has 2 N–H and O–H groups in total. The monoisotopic (exact) mass is 262 g/mol. The fourth-order valence-electron chi connectivity index (χ4n) is 1.76. The number of aromatic amines is 1. The van der Waals surface area contributed by atoms with Crippen molar-refractivity contribution in [2.45, 2.75) is 33.2 Å². The van der Waals surface area contributed by atoms with Crippen LogP contribution in [-0.2, 0) is 13.0 Å². The smallest absolute Gasteiger partial charge is 0.214 e. The van der Waals surface area contributed by atoms with Gasteiger partial charge >= 0.3 is 0 Å². The van der Waals surface area contributed by atoms with Gasteiger partial charge in [-0.2, -0.15) is 5.10 Å². The minimum absolute atomic E-state index is 0.616. The summed E-state index contributed by atoms with van der Waals surface area (Å²) in [6, 6.07) is 8.45. The van der Waals surface area contributed by atoms with Crippen molar-refractivity contribution < 1.29 is 0 Å². The first-order valence-corrected chi connectivity index (χ1v) is 6.57. The standard InChI is InChI=1S/C13H18N4S/c1-3-4-12-15-16-13(18)17(12)14-9-11-7-5-10(2)6-8-11/h5-8,14H,3-4,9H2,1-2H3,(H,16,18). The van der Waals surface area contributed by atoms with Crippen LogP contribution in [0.3, 0.4) is 0 Å². The van der Waals surface area contributed by atoms with E-state index in [1.54, 1.807) is 0 Å². The quantitative estimate of drug-likeness (QED) is 0.814. The molecule has 0 aliphatic rings. The molecule has 0 fully saturated rings. The van der Waals surface area contributed by atoms with Gasteiger partial charge in [-0.25, -0.2) is 4.68 Å². The molecule has 2 rings (SSSR count). The minimum atomic E-state index is 0.616. The van der Waals surface area contributed by atoms with Crippen LogP contribution in [0.25, 0.3) is 0 Å². The molecule has 0 amide bonds. The number of benzene rings is 1. The fourth-order valence-corrected chi connectivity index (χ4v) is 1.98. The SMILES string of the molecule is CCCc1n[nH]c(=S)n1NCc1ccc(C)cc1. The van der Waals surface area contributed by atoms with Crippen LogP contribution in [-0.4, -0.2) is 14.9 Å². The summed E-state index contributed by atoms with van der Waals surface area (Å²) in [5.74, 6) is 0.953. The van der Waals surface area contributed by atoms with Crippen LogP contribution in [0.4, 0.5) is 0 Å². The third-order valence-corrected chi connectivity index (χ3v) is 3.05. The van der Waals surface area contributed by atoms with Crippen LogP contribution in [0.2, 0.25) is 0 Å². The van der Waals surface area contributed by atoms with E-state index in [0.29, 0.717) is 4.77 Å². The third-order valence-electron chi connectivity index (χ3n) is 2.78. The van der Waals surface area contributed by atoms with E-state index in [0.717, 1.165) is 25.2 Å². The summed E-state index contributed by atoms with van der Waals surface area (Å²) < 4.78 is 2.48. The Balaban J connectivity index is 2.07. The molecule has 18 heavy (non-hydrogen) atoms. The van der Waals surface area contributed by atoms with E-state index in [4.69, 9.17) is 12.2 Å². The van der Waals surface area contributed by atoms with Crippen molar-refractivity contribution in [2.24, 2.45) is 0 Å². The summed E-state index contributed by atoms with van der Waals surface area (Å²) >= 11 is 5.21. The summed E-state index contributed by atoms with van der Waals surface area (Å²) in [4.78, 5) is 0. The zero-order valence-corrected chi connectivity index (χ0v) is 11.5. The Morgan fingerprint density at radius 1 is 1.33 bits per heavy atom. The highest BCUT2D eigenvalue weighted by Gasteiger charge is 2.04. The average Bonchev–Trinajstić information content (AvgIpc) is 2.71. The number of aromatic nitrogens is 3. The molecule has 1 heterocycles. The predicted molar refractivity (Wildman–Crippen MR) is 75.7 cm³/mol. The number of H-pyrrole nitrogens is 1. The van der Waals surface area contributed by atoms with Gasteiger partial charge in [-0.15, -0.1) is 0 Å². The van der Waals surface area contributed by atoms with Gasteiger partial charge in [-0.1, -0.05) is 36.8 Å². The molecule has 0 spiro atoms. The Kier molecular flexibility index (Phi) is 4.15. The fraction of sp³-hybridized carbons (Fsp3) is 0.385. The highest BCUT2D eigenvalue weighted by Crippen LogP contribution is 2.04. The molecule has 0 aliphatic carbocycles. The van der Waals surface area contributed by atoms with Crippen LogP contribution in [0, 0.1) is 11.7 Å². The van der Waals surface area contributed by atoms with Crippen molar-refractivity contribution in [3.05, 3.63) is 46.0 Å². The van der Waals surface area contributed by atoms with Crippen LogP contribution >= 0.6 is 12.2 Å². The summed E-state index contributed by atoms with van der Waals surface area (Å²) in [7, 11) is 0. The van der Waals surface area contributed by atoms with Crippen LogP contribution in [0.1, 0.15) is 30.3 Å². The van der Waals surface area contributed by atoms with Gasteiger partial charge in [0, 0.05) is 6.42 Å². The molecule has 0 atom stereocenters. The molecule has 1 aromatic heterocycles. The predicted octanol–water partition coefficient (Wildman–Crippen LogP) is 2.95. The highest BCUT2D eigenvalue weighted by atomic mass is 32.1. The summed E-state index contributed by atoms with van der Waals surface area (Å²) in [6.45, 7) is 4.95. The second-order valence-electron chi connectivity index (χ2n) is 4.35. The van der Waals surface area contributed by atoms with Gasteiger partial charge in [0.2, 0.25) is 4.77 Å². The number of hydrogen-bond acceptors (Lipinski definition) is 3. The van der Waals surface area contributed by atoms with Gasteiger partial charge in [0.1, 0.15) is 0 Å².